The molecule has 3 N–H and O–H groups in total. The van der Waals surface area contributed by atoms with Crippen LogP contribution in [0.3, 0.4) is 0 Å². The lowest BCUT2D eigenvalue weighted by atomic mass is 9.81. The Balaban J connectivity index is 1.98. The van der Waals surface area contributed by atoms with Crippen LogP contribution in [0.25, 0.3) is 0 Å². The molecule has 1 saturated heterocycles. The molecule has 1 aliphatic heterocycles. The number of hydrogen-bond donors (Lipinski definition) is 2. The summed E-state index contributed by atoms with van der Waals surface area (Å²) in [4.78, 5) is 0. The summed E-state index contributed by atoms with van der Waals surface area (Å²) in [5.41, 5.74) is 3.02. The fourth-order valence-electron chi connectivity index (χ4n) is 3.04. The Kier molecular flexibility index (Phi) is 3.33. The largest absolute Gasteiger partial charge is 0.375 e. The van der Waals surface area contributed by atoms with Crippen molar-refractivity contribution in [3.8, 4) is 0 Å². The fourth-order valence-corrected chi connectivity index (χ4v) is 3.04. The number of nitrogens with two attached hydrogens (primary N) is 1. The van der Waals surface area contributed by atoms with E-state index in [0.717, 1.165) is 5.92 Å². The first-order valence-electron chi connectivity index (χ1n) is 6.25. The van der Waals surface area contributed by atoms with Gasteiger partial charge in [-0.25, -0.2) is 0 Å². The average Bonchev–Trinajstić information content (AvgIpc) is 2.96. The van der Waals surface area contributed by atoms with Crippen LogP contribution in [-0.4, -0.2) is 18.2 Å². The first-order chi connectivity index (χ1) is 7.13. The highest BCUT2D eigenvalue weighted by molar-refractivity contribution is 4.93. The predicted octanol–water partition coefficient (Wildman–Crippen LogP) is 1.68. The zero-order chi connectivity index (χ0) is 11.0. The number of hydrazine groups is 1. The Hall–Kier alpha value is -0.120. The van der Waals surface area contributed by atoms with Crippen LogP contribution in [0.2, 0.25) is 0 Å². The normalized spacial score (nSPS) is 43.2. The van der Waals surface area contributed by atoms with Crippen molar-refractivity contribution in [3.63, 3.8) is 0 Å². The minimum absolute atomic E-state index is 0.342. The van der Waals surface area contributed by atoms with Crippen molar-refractivity contribution in [2.45, 2.75) is 58.3 Å². The second-order valence-electron chi connectivity index (χ2n) is 5.44. The van der Waals surface area contributed by atoms with Crippen molar-refractivity contribution in [2.75, 3.05) is 0 Å². The quantitative estimate of drug-likeness (QED) is 0.550. The van der Waals surface area contributed by atoms with Crippen LogP contribution in [0, 0.1) is 17.8 Å². The molecule has 88 valence electrons. The maximum Gasteiger partial charge on any atom is 0.0597 e. The van der Waals surface area contributed by atoms with Gasteiger partial charge in [0.25, 0.3) is 0 Å². The topological polar surface area (TPSA) is 47.3 Å². The van der Waals surface area contributed by atoms with Crippen LogP contribution in [0.1, 0.15) is 40.0 Å². The number of nitrogens with one attached hydrogen (secondary N) is 1. The lowest BCUT2D eigenvalue weighted by Gasteiger charge is -2.28. The molecule has 3 heteroatoms. The van der Waals surface area contributed by atoms with Gasteiger partial charge in [-0.2, -0.15) is 0 Å². The molecular weight excluding hydrogens is 188 g/mol. The van der Waals surface area contributed by atoms with Crippen molar-refractivity contribution in [3.05, 3.63) is 0 Å². The molecule has 2 rings (SSSR count). The van der Waals surface area contributed by atoms with E-state index >= 15 is 0 Å². The Morgan fingerprint density at radius 2 is 1.93 bits per heavy atom. The zero-order valence-electron chi connectivity index (χ0n) is 10.1. The van der Waals surface area contributed by atoms with E-state index in [-0.39, 0.29) is 0 Å². The summed E-state index contributed by atoms with van der Waals surface area (Å²) in [5, 5.41) is 0. The van der Waals surface area contributed by atoms with Gasteiger partial charge in [0.05, 0.1) is 12.2 Å². The number of hydrogen-bond acceptors (Lipinski definition) is 3. The van der Waals surface area contributed by atoms with Gasteiger partial charge < -0.3 is 4.74 Å². The van der Waals surface area contributed by atoms with Gasteiger partial charge >= 0.3 is 0 Å². The van der Waals surface area contributed by atoms with E-state index in [9.17, 15) is 0 Å². The highest BCUT2D eigenvalue weighted by Gasteiger charge is 2.42. The van der Waals surface area contributed by atoms with Crippen LogP contribution in [0.4, 0.5) is 0 Å². The van der Waals surface area contributed by atoms with Crippen molar-refractivity contribution in [1.82, 2.24) is 5.43 Å². The number of ether oxygens (including phenoxy) is 1. The van der Waals surface area contributed by atoms with E-state index in [1.54, 1.807) is 0 Å². The van der Waals surface area contributed by atoms with Gasteiger partial charge in [-0.1, -0.05) is 19.8 Å². The van der Waals surface area contributed by atoms with Crippen molar-refractivity contribution < 1.29 is 4.74 Å². The van der Waals surface area contributed by atoms with E-state index in [1.807, 2.05) is 0 Å². The molecule has 5 unspecified atom stereocenters. The van der Waals surface area contributed by atoms with Gasteiger partial charge in [0.15, 0.2) is 0 Å². The molecule has 0 radical (unpaired) electrons. The number of rotatable bonds is 4. The molecule has 0 aromatic rings. The summed E-state index contributed by atoms with van der Waals surface area (Å²) in [6.45, 7) is 6.64. The van der Waals surface area contributed by atoms with E-state index < -0.39 is 0 Å². The van der Waals surface area contributed by atoms with Gasteiger partial charge in [-0.15, -0.1) is 0 Å². The van der Waals surface area contributed by atoms with E-state index in [1.165, 1.54) is 19.3 Å². The van der Waals surface area contributed by atoms with Gasteiger partial charge in [-0.3, -0.25) is 11.3 Å². The SMILES string of the molecule is CC1OC(C)C(C(CC2CC2)NN)C1C. The second-order valence-corrected chi connectivity index (χ2v) is 5.44. The van der Waals surface area contributed by atoms with Gasteiger partial charge in [0, 0.05) is 12.0 Å². The third-order valence-electron chi connectivity index (χ3n) is 4.28. The van der Waals surface area contributed by atoms with Crippen LogP contribution >= 0.6 is 0 Å². The van der Waals surface area contributed by atoms with E-state index in [0.29, 0.717) is 30.1 Å². The summed E-state index contributed by atoms with van der Waals surface area (Å²) < 4.78 is 5.88. The highest BCUT2D eigenvalue weighted by Crippen LogP contribution is 2.40. The van der Waals surface area contributed by atoms with Crippen molar-refractivity contribution in [2.24, 2.45) is 23.6 Å². The summed E-state index contributed by atoms with van der Waals surface area (Å²) >= 11 is 0. The molecule has 5 atom stereocenters. The lowest BCUT2D eigenvalue weighted by molar-refractivity contribution is 0.0469. The van der Waals surface area contributed by atoms with E-state index in [2.05, 4.69) is 26.2 Å². The molecule has 0 bridgehead atoms. The van der Waals surface area contributed by atoms with Crippen molar-refractivity contribution >= 4 is 0 Å². The molecule has 2 fully saturated rings. The minimum atomic E-state index is 0.342. The molecule has 0 spiro atoms. The predicted molar refractivity (Wildman–Crippen MR) is 61.1 cm³/mol. The maximum absolute atomic E-state index is 5.88. The van der Waals surface area contributed by atoms with Crippen LogP contribution in [-0.2, 0) is 4.74 Å². The Labute approximate surface area is 92.7 Å². The highest BCUT2D eigenvalue weighted by atomic mass is 16.5. The molecule has 0 aromatic carbocycles. The molecule has 3 nitrogen and oxygen atoms in total. The molecule has 15 heavy (non-hydrogen) atoms. The fraction of sp³-hybridized carbons (Fsp3) is 1.00. The molecule has 1 aliphatic carbocycles. The van der Waals surface area contributed by atoms with Crippen LogP contribution in [0.15, 0.2) is 0 Å². The third kappa shape index (κ3) is 2.35. The standard InChI is InChI=1S/C12H24N2O/c1-7-8(2)15-9(3)12(7)11(14-13)6-10-4-5-10/h7-12,14H,4-6,13H2,1-3H3. The Morgan fingerprint density at radius 3 is 2.33 bits per heavy atom. The monoisotopic (exact) mass is 212 g/mol. The smallest absolute Gasteiger partial charge is 0.0597 e. The van der Waals surface area contributed by atoms with Crippen LogP contribution in [0.5, 0.6) is 0 Å². The van der Waals surface area contributed by atoms with Crippen LogP contribution < -0.4 is 11.3 Å². The van der Waals surface area contributed by atoms with Crippen molar-refractivity contribution in [1.29, 1.82) is 0 Å². The average molecular weight is 212 g/mol. The summed E-state index contributed by atoms with van der Waals surface area (Å²) in [5.74, 6) is 7.80. The summed E-state index contributed by atoms with van der Waals surface area (Å²) in [6.07, 6.45) is 4.73. The first kappa shape index (κ1) is 11.4. The lowest BCUT2D eigenvalue weighted by Crippen LogP contribution is -2.45. The molecule has 1 saturated carbocycles. The summed E-state index contributed by atoms with van der Waals surface area (Å²) in [7, 11) is 0. The molecule has 0 amide bonds. The summed E-state index contributed by atoms with van der Waals surface area (Å²) in [6, 6.07) is 0.437. The van der Waals surface area contributed by atoms with Gasteiger partial charge in [0.2, 0.25) is 0 Å². The molecule has 2 aliphatic rings. The Bertz CT molecular complexity index is 218. The zero-order valence-corrected chi connectivity index (χ0v) is 10.1. The third-order valence-corrected chi connectivity index (χ3v) is 4.28. The molecule has 1 heterocycles. The molecular formula is C12H24N2O. The maximum atomic E-state index is 5.88. The van der Waals surface area contributed by atoms with Gasteiger partial charge in [0.1, 0.15) is 0 Å². The van der Waals surface area contributed by atoms with E-state index in [4.69, 9.17) is 10.6 Å². The first-order valence-corrected chi connectivity index (χ1v) is 6.25. The Morgan fingerprint density at radius 1 is 1.27 bits per heavy atom. The van der Waals surface area contributed by atoms with Gasteiger partial charge in [-0.05, 0) is 32.1 Å². The second kappa shape index (κ2) is 4.40. The minimum Gasteiger partial charge on any atom is -0.375 e. The molecule has 0 aromatic heterocycles.